The number of rotatable bonds is 4. The van der Waals surface area contributed by atoms with Crippen LogP contribution >= 0.6 is 11.3 Å². The molecule has 0 atom stereocenters. The zero-order chi connectivity index (χ0) is 14.2. The maximum absolute atomic E-state index is 12.7. The average molecular weight is 312 g/mol. The predicted molar refractivity (Wildman–Crippen MR) is 76.9 cm³/mol. The Labute approximate surface area is 122 Å². The summed E-state index contributed by atoms with van der Waals surface area (Å²) in [7, 11) is -1.63. The Bertz CT molecular complexity index is 705. The highest BCUT2D eigenvalue weighted by Gasteiger charge is 2.30. The van der Waals surface area contributed by atoms with E-state index >= 15 is 0 Å². The molecule has 1 aliphatic rings. The summed E-state index contributed by atoms with van der Waals surface area (Å²) in [5.74, 6) is 0.797. The molecule has 0 saturated carbocycles. The lowest BCUT2D eigenvalue weighted by atomic mass is 10.4. The lowest BCUT2D eigenvalue weighted by molar-refractivity contribution is 0.335. The monoisotopic (exact) mass is 312 g/mol. The van der Waals surface area contributed by atoms with Gasteiger partial charge in [-0.1, -0.05) is 0 Å². The third-order valence-electron chi connectivity index (χ3n) is 3.37. The van der Waals surface area contributed by atoms with E-state index < -0.39 is 10.0 Å². The number of nitrogens with zero attached hydrogens (tertiary/aromatic N) is 3. The maximum Gasteiger partial charge on any atom is 0.244 e. The number of nitrogens with one attached hydrogen (secondary N) is 1. The van der Waals surface area contributed by atoms with E-state index in [1.165, 1.54) is 15.6 Å². The van der Waals surface area contributed by atoms with Crippen molar-refractivity contribution in [3.05, 3.63) is 34.5 Å². The van der Waals surface area contributed by atoms with Crippen molar-refractivity contribution in [1.82, 2.24) is 19.2 Å². The summed E-state index contributed by atoms with van der Waals surface area (Å²) in [5.41, 5.74) is 0. The number of thiophene rings is 1. The van der Waals surface area contributed by atoms with E-state index in [0.29, 0.717) is 31.1 Å². The molecule has 0 aliphatic carbocycles. The minimum absolute atomic E-state index is 0.337. The number of imidazole rings is 1. The molecule has 3 heterocycles. The van der Waals surface area contributed by atoms with Crippen LogP contribution in [0, 0.1) is 0 Å². The fourth-order valence-electron chi connectivity index (χ4n) is 2.34. The first-order valence-electron chi connectivity index (χ1n) is 6.34. The number of aromatic nitrogens is 2. The van der Waals surface area contributed by atoms with E-state index in [2.05, 4.69) is 10.3 Å². The molecule has 0 amide bonds. The molecule has 0 radical (unpaired) electrons. The molecular formula is C12H16N4O2S2. The van der Waals surface area contributed by atoms with Gasteiger partial charge in [0.15, 0.2) is 0 Å². The van der Waals surface area contributed by atoms with Crippen LogP contribution in [-0.4, -0.2) is 35.9 Å². The molecule has 108 valence electrons. The first-order valence-corrected chi connectivity index (χ1v) is 8.66. The molecule has 8 heteroatoms. The van der Waals surface area contributed by atoms with Crippen molar-refractivity contribution in [2.75, 3.05) is 13.6 Å². The lowest BCUT2D eigenvalue weighted by Gasteiger charge is -2.27. The zero-order valence-electron chi connectivity index (χ0n) is 11.1. The van der Waals surface area contributed by atoms with Crippen LogP contribution in [0.4, 0.5) is 0 Å². The molecule has 6 nitrogen and oxygen atoms in total. The van der Waals surface area contributed by atoms with Crippen molar-refractivity contribution in [1.29, 1.82) is 0 Å². The van der Waals surface area contributed by atoms with Crippen LogP contribution in [0.15, 0.2) is 28.7 Å². The number of fused-ring (bicyclic) bond motifs is 1. The molecule has 0 bridgehead atoms. The van der Waals surface area contributed by atoms with E-state index in [-0.39, 0.29) is 0 Å². The molecule has 0 unspecified atom stereocenters. The second-order valence-electron chi connectivity index (χ2n) is 4.61. The normalized spacial score (nSPS) is 16.2. The van der Waals surface area contributed by atoms with Gasteiger partial charge in [0.2, 0.25) is 10.0 Å². The predicted octanol–water partition coefficient (Wildman–Crippen LogP) is 0.868. The van der Waals surface area contributed by atoms with Crippen molar-refractivity contribution in [3.63, 3.8) is 0 Å². The third kappa shape index (κ3) is 2.28. The number of sulfonamides is 1. The van der Waals surface area contributed by atoms with Gasteiger partial charge < -0.3 is 9.88 Å². The van der Waals surface area contributed by atoms with E-state index in [0.717, 1.165) is 10.7 Å². The number of hydrogen-bond acceptors (Lipinski definition) is 5. The van der Waals surface area contributed by atoms with E-state index in [4.69, 9.17) is 0 Å². The van der Waals surface area contributed by atoms with Crippen molar-refractivity contribution in [2.45, 2.75) is 24.5 Å². The van der Waals surface area contributed by atoms with Gasteiger partial charge in [-0.25, -0.2) is 13.4 Å². The Hall–Kier alpha value is -1.22. The second-order valence-corrected chi connectivity index (χ2v) is 7.52. The van der Waals surface area contributed by atoms with Crippen LogP contribution in [0.2, 0.25) is 0 Å². The lowest BCUT2D eigenvalue weighted by Crippen LogP contribution is -2.38. The second kappa shape index (κ2) is 5.28. The van der Waals surface area contributed by atoms with Crippen LogP contribution in [0.5, 0.6) is 0 Å². The largest absolute Gasteiger partial charge is 0.333 e. The van der Waals surface area contributed by atoms with Gasteiger partial charge in [-0.2, -0.15) is 4.31 Å². The summed E-state index contributed by atoms with van der Waals surface area (Å²) in [6.07, 6.45) is 3.60. The standard InChI is InChI=1S/C12H16N4O2S2/c1-13-8-10-11(2-7-19-10)20(17,18)16-6-5-15-4-3-14-12(15)9-16/h2-4,7,13H,5-6,8-9H2,1H3. The van der Waals surface area contributed by atoms with Gasteiger partial charge >= 0.3 is 0 Å². The van der Waals surface area contributed by atoms with Gasteiger partial charge in [-0.15, -0.1) is 11.3 Å². The Morgan fingerprint density at radius 3 is 3.10 bits per heavy atom. The van der Waals surface area contributed by atoms with Crippen LogP contribution in [0.3, 0.4) is 0 Å². The van der Waals surface area contributed by atoms with Crippen LogP contribution in [-0.2, 0) is 29.7 Å². The molecular weight excluding hydrogens is 296 g/mol. The molecule has 0 fully saturated rings. The third-order valence-corrected chi connectivity index (χ3v) is 6.35. The average Bonchev–Trinajstić information content (AvgIpc) is 3.06. The zero-order valence-corrected chi connectivity index (χ0v) is 12.7. The fraction of sp³-hybridized carbons (Fsp3) is 0.417. The Morgan fingerprint density at radius 1 is 1.45 bits per heavy atom. The SMILES string of the molecule is CNCc1sccc1S(=O)(=O)N1CCn2ccnc2C1. The van der Waals surface area contributed by atoms with Crippen molar-refractivity contribution in [2.24, 2.45) is 0 Å². The molecule has 1 aliphatic heterocycles. The van der Waals surface area contributed by atoms with E-state index in [1.54, 1.807) is 12.3 Å². The van der Waals surface area contributed by atoms with Crippen molar-refractivity contribution < 1.29 is 8.42 Å². The first kappa shape index (κ1) is 13.7. The summed E-state index contributed by atoms with van der Waals surface area (Å²) in [4.78, 5) is 5.47. The maximum atomic E-state index is 12.7. The molecule has 2 aromatic rings. The summed E-state index contributed by atoms with van der Waals surface area (Å²) >= 11 is 1.46. The van der Waals surface area contributed by atoms with Crippen molar-refractivity contribution in [3.8, 4) is 0 Å². The molecule has 0 spiro atoms. The molecule has 2 aromatic heterocycles. The Morgan fingerprint density at radius 2 is 2.30 bits per heavy atom. The van der Waals surface area contributed by atoms with Gasteiger partial charge in [0.05, 0.1) is 11.4 Å². The minimum atomic E-state index is -3.44. The van der Waals surface area contributed by atoms with Gasteiger partial charge in [-0.3, -0.25) is 0 Å². The van der Waals surface area contributed by atoms with Gasteiger partial charge in [0, 0.05) is 36.9 Å². The Kier molecular flexibility index (Phi) is 3.63. The summed E-state index contributed by atoms with van der Waals surface area (Å²) in [6.45, 7) is 2.04. The molecule has 0 saturated heterocycles. The number of hydrogen-bond donors (Lipinski definition) is 1. The minimum Gasteiger partial charge on any atom is -0.333 e. The fourth-order valence-corrected chi connectivity index (χ4v) is 5.16. The summed E-state index contributed by atoms with van der Waals surface area (Å²) in [5, 5.41) is 4.83. The highest BCUT2D eigenvalue weighted by Crippen LogP contribution is 2.27. The van der Waals surface area contributed by atoms with Gasteiger partial charge in [-0.05, 0) is 18.5 Å². The quantitative estimate of drug-likeness (QED) is 0.909. The highest BCUT2D eigenvalue weighted by molar-refractivity contribution is 7.89. The van der Waals surface area contributed by atoms with Crippen LogP contribution in [0.1, 0.15) is 10.7 Å². The van der Waals surface area contributed by atoms with E-state index in [9.17, 15) is 8.42 Å². The molecule has 20 heavy (non-hydrogen) atoms. The van der Waals surface area contributed by atoms with Gasteiger partial charge in [0.25, 0.3) is 0 Å². The van der Waals surface area contributed by atoms with Crippen LogP contribution in [0.25, 0.3) is 0 Å². The highest BCUT2D eigenvalue weighted by atomic mass is 32.2. The topological polar surface area (TPSA) is 67.2 Å². The van der Waals surface area contributed by atoms with Gasteiger partial charge in [0.1, 0.15) is 5.82 Å². The van der Waals surface area contributed by atoms with Crippen LogP contribution < -0.4 is 5.32 Å². The molecule has 0 aromatic carbocycles. The van der Waals surface area contributed by atoms with E-state index in [1.807, 2.05) is 23.2 Å². The molecule has 3 rings (SSSR count). The van der Waals surface area contributed by atoms with Crippen molar-refractivity contribution >= 4 is 21.4 Å². The Balaban J connectivity index is 1.91. The summed E-state index contributed by atoms with van der Waals surface area (Å²) in [6, 6.07) is 1.69. The molecule has 1 N–H and O–H groups in total. The smallest absolute Gasteiger partial charge is 0.244 e. The summed E-state index contributed by atoms with van der Waals surface area (Å²) < 4.78 is 29.0. The first-order chi connectivity index (χ1) is 9.63.